The molecule has 4 aromatic rings. The van der Waals surface area contributed by atoms with E-state index in [1.807, 2.05) is 6.07 Å². The third-order valence-corrected chi connectivity index (χ3v) is 7.64. The van der Waals surface area contributed by atoms with Crippen LogP contribution in [0.25, 0.3) is 10.9 Å². The van der Waals surface area contributed by atoms with E-state index < -0.39 is 17.5 Å². The molecule has 0 fully saturated rings. The van der Waals surface area contributed by atoms with Gasteiger partial charge in [0.25, 0.3) is 0 Å². The van der Waals surface area contributed by atoms with Gasteiger partial charge in [0, 0.05) is 16.8 Å². The number of halogens is 4. The molecule has 0 aliphatic heterocycles. The molecule has 1 aliphatic rings. The summed E-state index contributed by atoms with van der Waals surface area (Å²) in [6.45, 7) is 0. The van der Waals surface area contributed by atoms with Gasteiger partial charge >= 0.3 is 0 Å². The van der Waals surface area contributed by atoms with E-state index in [-0.39, 0.29) is 36.9 Å². The predicted molar refractivity (Wildman–Crippen MR) is 139 cm³/mol. The van der Waals surface area contributed by atoms with Gasteiger partial charge in [-0.2, -0.15) is 0 Å². The Morgan fingerprint density at radius 2 is 1.40 bits per heavy atom. The number of nitrogen functional groups attached to an aromatic ring is 1. The normalized spacial score (nSPS) is 13.4. The highest BCUT2D eigenvalue weighted by Gasteiger charge is 2.45. The van der Waals surface area contributed by atoms with Gasteiger partial charge in [0.05, 0.1) is 48.1 Å². The number of Topliss-reactive ketones (excluding diaryl/α,β-unsaturated/α-hetero) is 2. The quantitative estimate of drug-likeness (QED) is 0.0992. The van der Waals surface area contributed by atoms with E-state index in [4.69, 9.17) is 52.1 Å². The third-order valence-electron chi connectivity index (χ3n) is 5.84. The number of anilines is 3. The lowest BCUT2D eigenvalue weighted by atomic mass is 9.98. The highest BCUT2D eigenvalue weighted by molar-refractivity contribution is 6.55. The molecule has 35 heavy (non-hydrogen) atoms. The highest BCUT2D eigenvalue weighted by atomic mass is 35.5. The fourth-order valence-electron chi connectivity index (χ4n) is 4.16. The van der Waals surface area contributed by atoms with Crippen molar-refractivity contribution in [2.24, 2.45) is 0 Å². The summed E-state index contributed by atoms with van der Waals surface area (Å²) in [7, 11) is 0. The monoisotopic (exact) mass is 543 g/mol. The molecule has 6 nitrogen and oxygen atoms in total. The molecule has 3 aromatic carbocycles. The zero-order valence-electron chi connectivity index (χ0n) is 17.6. The summed E-state index contributed by atoms with van der Waals surface area (Å²) in [5.74, 6) is -2.44. The molecule has 0 spiro atoms. The summed E-state index contributed by atoms with van der Waals surface area (Å²) < 4.78 is 0. The van der Waals surface area contributed by atoms with Crippen molar-refractivity contribution in [1.29, 1.82) is 0 Å². The number of amides is 1. The Balaban J connectivity index is 1.66. The van der Waals surface area contributed by atoms with Crippen LogP contribution in [0.4, 0.5) is 17.1 Å². The molecule has 174 valence electrons. The molecular weight excluding hydrogens is 532 g/mol. The maximum absolute atomic E-state index is 13.3. The zero-order valence-corrected chi connectivity index (χ0v) is 20.6. The van der Waals surface area contributed by atoms with Gasteiger partial charge < -0.3 is 5.73 Å². The van der Waals surface area contributed by atoms with Crippen molar-refractivity contribution in [3.63, 3.8) is 0 Å². The molecule has 1 amide bonds. The number of pyridine rings is 1. The summed E-state index contributed by atoms with van der Waals surface area (Å²) in [5, 5.41) is 0.240. The van der Waals surface area contributed by atoms with Crippen LogP contribution in [0.3, 0.4) is 0 Å². The number of rotatable bonds is 4. The number of ketones is 2. The van der Waals surface area contributed by atoms with E-state index in [9.17, 15) is 14.4 Å². The van der Waals surface area contributed by atoms with Crippen LogP contribution in [0.15, 0.2) is 54.6 Å². The fraction of sp³-hybridized carbons (Fsp3) is 0.0400. The number of benzene rings is 3. The smallest absolute Gasteiger partial charge is 0.218 e. The van der Waals surface area contributed by atoms with Gasteiger partial charge in [0.15, 0.2) is 11.6 Å². The average Bonchev–Trinajstić information content (AvgIpc) is 3.12. The summed E-state index contributed by atoms with van der Waals surface area (Å²) in [6.07, 6.45) is 0.653. The Kier molecular flexibility index (Phi) is 5.93. The standard InChI is InChI=1S/C25H13Cl4N3O3/c26-19-17-18(20(27)22(29)21(19)28)25(35)16(24(17)34)14-9-4-11-2-1-3-15(23(11)31-14)32(10-33)13-7-5-12(30)6-8-13/h1-10,16H,30H2. The van der Waals surface area contributed by atoms with Crippen molar-refractivity contribution in [1.82, 2.24) is 4.98 Å². The van der Waals surface area contributed by atoms with Crippen LogP contribution in [0.2, 0.25) is 20.1 Å². The third kappa shape index (κ3) is 3.65. The Morgan fingerprint density at radius 1 is 0.800 bits per heavy atom. The number of hydrogen-bond acceptors (Lipinski definition) is 5. The van der Waals surface area contributed by atoms with E-state index in [1.165, 1.54) is 4.90 Å². The van der Waals surface area contributed by atoms with Crippen LogP contribution in [0.5, 0.6) is 0 Å². The van der Waals surface area contributed by atoms with Crippen LogP contribution in [-0.2, 0) is 4.79 Å². The lowest BCUT2D eigenvalue weighted by molar-refractivity contribution is -0.106. The number of nitrogens with two attached hydrogens (primary N) is 1. The molecule has 5 rings (SSSR count). The molecule has 1 aliphatic carbocycles. The molecule has 0 radical (unpaired) electrons. The zero-order chi connectivity index (χ0) is 25.0. The molecule has 0 saturated heterocycles. The lowest BCUT2D eigenvalue weighted by Gasteiger charge is -2.20. The first-order valence-electron chi connectivity index (χ1n) is 10.2. The highest BCUT2D eigenvalue weighted by Crippen LogP contribution is 2.48. The molecular formula is C25H13Cl4N3O3. The van der Waals surface area contributed by atoms with Crippen molar-refractivity contribution in [2.45, 2.75) is 5.92 Å². The van der Waals surface area contributed by atoms with Gasteiger partial charge in [0.1, 0.15) is 5.92 Å². The van der Waals surface area contributed by atoms with Gasteiger partial charge in [-0.1, -0.05) is 64.6 Å². The van der Waals surface area contributed by atoms with Crippen LogP contribution < -0.4 is 10.6 Å². The van der Waals surface area contributed by atoms with Gasteiger partial charge in [0.2, 0.25) is 6.41 Å². The van der Waals surface area contributed by atoms with Gasteiger partial charge in [-0.05, 0) is 36.4 Å². The first kappa shape index (κ1) is 23.6. The molecule has 1 heterocycles. The number of carbonyl (C=O) groups is 3. The van der Waals surface area contributed by atoms with Crippen molar-refractivity contribution in [3.05, 3.63) is 91.5 Å². The second kappa shape index (κ2) is 8.81. The SMILES string of the molecule is Nc1ccc(N(C=O)c2cccc3ccc(C4C(=O)c5c(Cl)c(Cl)c(Cl)c(Cl)c5C4=O)nc23)cc1. The first-order valence-corrected chi connectivity index (χ1v) is 11.7. The van der Waals surface area contributed by atoms with Crippen molar-refractivity contribution in [3.8, 4) is 0 Å². The van der Waals surface area contributed by atoms with Gasteiger partial charge in [-0.25, -0.2) is 4.98 Å². The fourth-order valence-corrected chi connectivity index (χ4v) is 5.20. The van der Waals surface area contributed by atoms with Crippen LogP contribution in [0.1, 0.15) is 32.3 Å². The maximum Gasteiger partial charge on any atom is 0.218 e. The second-order valence-electron chi connectivity index (χ2n) is 7.82. The van der Waals surface area contributed by atoms with Crippen LogP contribution >= 0.6 is 46.4 Å². The summed E-state index contributed by atoms with van der Waals surface area (Å²) in [5.41, 5.74) is 7.79. The number of carbonyl (C=O) groups excluding carboxylic acids is 3. The minimum absolute atomic E-state index is 0.0763. The number of aromatic nitrogens is 1. The second-order valence-corrected chi connectivity index (χ2v) is 9.33. The molecule has 0 saturated carbocycles. The molecule has 1 aromatic heterocycles. The first-order chi connectivity index (χ1) is 16.7. The van der Waals surface area contributed by atoms with Crippen molar-refractivity contribution in [2.75, 3.05) is 10.6 Å². The topological polar surface area (TPSA) is 93.4 Å². The van der Waals surface area contributed by atoms with E-state index >= 15 is 0 Å². The molecule has 0 bridgehead atoms. The molecule has 0 atom stereocenters. The number of nitrogens with zero attached hydrogens (tertiary/aromatic N) is 2. The molecule has 0 unspecified atom stereocenters. The largest absolute Gasteiger partial charge is 0.399 e. The number of fused-ring (bicyclic) bond motifs is 2. The van der Waals surface area contributed by atoms with E-state index in [2.05, 4.69) is 4.98 Å². The summed E-state index contributed by atoms with van der Waals surface area (Å²) in [6, 6.07) is 15.3. The Morgan fingerprint density at radius 3 is 1.97 bits per heavy atom. The number of para-hydroxylation sites is 1. The van der Waals surface area contributed by atoms with Crippen LogP contribution in [-0.4, -0.2) is 23.0 Å². The minimum atomic E-state index is -1.28. The summed E-state index contributed by atoms with van der Waals surface area (Å²) in [4.78, 5) is 44.8. The minimum Gasteiger partial charge on any atom is -0.399 e. The van der Waals surface area contributed by atoms with Crippen molar-refractivity contribution < 1.29 is 14.4 Å². The van der Waals surface area contributed by atoms with Gasteiger partial charge in [-0.3, -0.25) is 19.3 Å². The molecule has 10 heteroatoms. The molecule has 2 N–H and O–H groups in total. The van der Waals surface area contributed by atoms with Gasteiger partial charge in [-0.15, -0.1) is 0 Å². The van der Waals surface area contributed by atoms with Crippen molar-refractivity contribution >= 4 is 92.3 Å². The number of hydrogen-bond donors (Lipinski definition) is 1. The Labute approximate surface area is 219 Å². The Hall–Kier alpha value is -3.16. The van der Waals surface area contributed by atoms with Crippen LogP contribution in [0, 0.1) is 0 Å². The lowest BCUT2D eigenvalue weighted by Crippen LogP contribution is -2.17. The summed E-state index contributed by atoms with van der Waals surface area (Å²) >= 11 is 24.8. The average molecular weight is 545 g/mol. The maximum atomic E-state index is 13.3. The Bertz CT molecular complexity index is 1520. The van der Waals surface area contributed by atoms with E-state index in [0.717, 1.165) is 0 Å². The van der Waals surface area contributed by atoms with E-state index in [0.29, 0.717) is 34.4 Å². The van der Waals surface area contributed by atoms with E-state index in [1.54, 1.807) is 48.5 Å². The predicted octanol–water partition coefficient (Wildman–Crippen LogP) is 6.89.